The van der Waals surface area contributed by atoms with E-state index in [2.05, 4.69) is 16.0 Å². The second-order valence-electron chi connectivity index (χ2n) is 6.21. The van der Waals surface area contributed by atoms with E-state index >= 15 is 0 Å². The monoisotopic (exact) mass is 401 g/mol. The summed E-state index contributed by atoms with van der Waals surface area (Å²) in [6.07, 6.45) is -1.15. The van der Waals surface area contributed by atoms with Crippen LogP contribution in [-0.2, 0) is 19.1 Å². The normalized spacial score (nSPS) is 11.2. The Kier molecular flexibility index (Phi) is 7.02. The van der Waals surface area contributed by atoms with E-state index < -0.39 is 23.8 Å². The minimum Gasteiger partial charge on any atom is -0.449 e. The third-order valence-electron chi connectivity index (χ3n) is 3.57. The average molecular weight is 401 g/mol. The smallest absolute Gasteiger partial charge is 0.339 e. The van der Waals surface area contributed by atoms with Crippen molar-refractivity contribution < 1.29 is 28.3 Å². The third-order valence-corrected chi connectivity index (χ3v) is 3.57. The van der Waals surface area contributed by atoms with Gasteiger partial charge >= 0.3 is 5.97 Å². The summed E-state index contributed by atoms with van der Waals surface area (Å²) < 4.78 is 18.1. The molecule has 29 heavy (non-hydrogen) atoms. The van der Waals surface area contributed by atoms with Crippen LogP contribution >= 0.6 is 0 Å². The molecule has 3 N–H and O–H groups in total. The van der Waals surface area contributed by atoms with Gasteiger partial charge < -0.3 is 20.7 Å². The lowest BCUT2D eigenvalue weighted by Crippen LogP contribution is -2.30. The van der Waals surface area contributed by atoms with Gasteiger partial charge in [-0.05, 0) is 49.4 Å². The maximum absolute atomic E-state index is 12.9. The van der Waals surface area contributed by atoms with Gasteiger partial charge in [-0.15, -0.1) is 0 Å². The Labute approximate surface area is 166 Å². The molecule has 0 saturated carbocycles. The van der Waals surface area contributed by atoms with Crippen LogP contribution in [0.2, 0.25) is 0 Å². The number of esters is 1. The van der Waals surface area contributed by atoms with Gasteiger partial charge in [0.15, 0.2) is 6.10 Å². The number of amides is 3. The molecule has 0 saturated heterocycles. The first kappa shape index (κ1) is 21.5. The Bertz CT molecular complexity index is 909. The molecule has 2 rings (SSSR count). The average Bonchev–Trinajstić information content (AvgIpc) is 2.62. The van der Waals surface area contributed by atoms with Crippen LogP contribution in [0.15, 0.2) is 42.5 Å². The van der Waals surface area contributed by atoms with Crippen LogP contribution in [0.4, 0.5) is 21.5 Å². The minimum absolute atomic E-state index is 0.0291. The maximum atomic E-state index is 12.9. The number of hydrogen-bond acceptors (Lipinski definition) is 5. The largest absolute Gasteiger partial charge is 0.449 e. The van der Waals surface area contributed by atoms with Crippen molar-refractivity contribution in [1.82, 2.24) is 0 Å². The van der Waals surface area contributed by atoms with Gasteiger partial charge in [0.05, 0.1) is 5.56 Å². The molecule has 152 valence electrons. The molecule has 2 aromatic rings. The van der Waals surface area contributed by atoms with Crippen molar-refractivity contribution in [3.8, 4) is 0 Å². The Balaban J connectivity index is 2.12. The first-order chi connectivity index (χ1) is 13.6. The summed E-state index contributed by atoms with van der Waals surface area (Å²) >= 11 is 0. The van der Waals surface area contributed by atoms with Gasteiger partial charge in [-0.1, -0.05) is 0 Å². The summed E-state index contributed by atoms with van der Waals surface area (Å²) in [4.78, 5) is 47.2. The van der Waals surface area contributed by atoms with Crippen LogP contribution in [0.25, 0.3) is 0 Å². The van der Waals surface area contributed by atoms with Gasteiger partial charge in [0.2, 0.25) is 11.8 Å². The number of hydrogen-bond donors (Lipinski definition) is 3. The molecule has 0 aromatic heterocycles. The number of carbonyl (C=O) groups is 4. The molecule has 0 aliphatic rings. The van der Waals surface area contributed by atoms with Crippen LogP contribution in [0.3, 0.4) is 0 Å². The Hall–Kier alpha value is -3.75. The molecule has 2 aromatic carbocycles. The van der Waals surface area contributed by atoms with Crippen LogP contribution in [-0.4, -0.2) is 29.8 Å². The van der Waals surface area contributed by atoms with Crippen molar-refractivity contribution in [1.29, 1.82) is 0 Å². The quantitative estimate of drug-likeness (QED) is 0.644. The molecule has 0 spiro atoms. The molecule has 1 atom stereocenters. The maximum Gasteiger partial charge on any atom is 0.339 e. The van der Waals surface area contributed by atoms with Gasteiger partial charge in [0, 0.05) is 30.9 Å². The highest BCUT2D eigenvalue weighted by molar-refractivity contribution is 6.00. The second kappa shape index (κ2) is 9.45. The fraction of sp³-hybridized carbons (Fsp3) is 0.200. The second-order valence-corrected chi connectivity index (χ2v) is 6.21. The van der Waals surface area contributed by atoms with Gasteiger partial charge in [0.1, 0.15) is 5.82 Å². The molecule has 3 amide bonds. The van der Waals surface area contributed by atoms with Crippen LogP contribution < -0.4 is 16.0 Å². The molecule has 0 heterocycles. The van der Waals surface area contributed by atoms with E-state index in [1.807, 2.05) is 0 Å². The highest BCUT2D eigenvalue weighted by Gasteiger charge is 2.20. The number of halogens is 1. The Morgan fingerprint density at radius 2 is 1.34 bits per heavy atom. The molecule has 9 heteroatoms. The van der Waals surface area contributed by atoms with Crippen LogP contribution in [0, 0.1) is 5.82 Å². The fourth-order valence-electron chi connectivity index (χ4n) is 2.36. The summed E-state index contributed by atoms with van der Waals surface area (Å²) in [7, 11) is 0. The summed E-state index contributed by atoms with van der Waals surface area (Å²) in [5.74, 6) is -2.61. The number of nitrogens with one attached hydrogen (secondary N) is 3. The van der Waals surface area contributed by atoms with E-state index in [1.54, 1.807) is 0 Å². The minimum atomic E-state index is -1.15. The predicted molar refractivity (Wildman–Crippen MR) is 105 cm³/mol. The van der Waals surface area contributed by atoms with Crippen molar-refractivity contribution in [2.45, 2.75) is 26.9 Å². The van der Waals surface area contributed by atoms with Crippen molar-refractivity contribution in [3.05, 3.63) is 53.8 Å². The number of benzene rings is 2. The highest BCUT2D eigenvalue weighted by atomic mass is 19.1. The molecule has 0 unspecified atom stereocenters. The predicted octanol–water partition coefficient (Wildman–Crippen LogP) is 2.93. The van der Waals surface area contributed by atoms with E-state index in [9.17, 15) is 23.6 Å². The highest BCUT2D eigenvalue weighted by Crippen LogP contribution is 2.21. The molecule has 0 fully saturated rings. The van der Waals surface area contributed by atoms with Gasteiger partial charge in [0.25, 0.3) is 5.91 Å². The van der Waals surface area contributed by atoms with Crippen molar-refractivity contribution in [3.63, 3.8) is 0 Å². The van der Waals surface area contributed by atoms with Crippen molar-refractivity contribution in [2.24, 2.45) is 0 Å². The lowest BCUT2D eigenvalue weighted by Gasteiger charge is -2.15. The first-order valence-electron chi connectivity index (χ1n) is 8.61. The van der Waals surface area contributed by atoms with E-state index in [0.29, 0.717) is 5.69 Å². The standard InChI is InChI=1S/C20H20FN3O5/c1-11(19(27)24-16-6-4-15(21)5-7-16)29-20(28)14-8-17(22-12(2)25)10-18(9-14)23-13(3)26/h4-11H,1-3H3,(H,22,25)(H,23,26)(H,24,27)/t11-/m1/s1. The van der Waals surface area contributed by atoms with Crippen molar-refractivity contribution >= 4 is 40.8 Å². The number of ether oxygens (including phenoxy) is 1. The Morgan fingerprint density at radius 1 is 0.828 bits per heavy atom. The molecule has 0 aliphatic heterocycles. The molecule has 0 radical (unpaired) electrons. The lowest BCUT2D eigenvalue weighted by atomic mass is 10.1. The van der Waals surface area contributed by atoms with E-state index in [1.165, 1.54) is 63.2 Å². The summed E-state index contributed by atoms with van der Waals surface area (Å²) in [6.45, 7) is 3.97. The molecular formula is C20H20FN3O5. The zero-order valence-corrected chi connectivity index (χ0v) is 16.0. The van der Waals surface area contributed by atoms with E-state index in [-0.39, 0.29) is 28.8 Å². The first-order valence-corrected chi connectivity index (χ1v) is 8.61. The summed E-state index contributed by atoms with van der Waals surface area (Å²) in [6, 6.07) is 9.31. The summed E-state index contributed by atoms with van der Waals surface area (Å²) in [5.41, 5.74) is 0.930. The lowest BCUT2D eigenvalue weighted by molar-refractivity contribution is -0.123. The van der Waals surface area contributed by atoms with E-state index in [4.69, 9.17) is 4.74 Å². The molecule has 0 bridgehead atoms. The third kappa shape index (κ3) is 6.73. The van der Waals surface area contributed by atoms with Crippen LogP contribution in [0.5, 0.6) is 0 Å². The topological polar surface area (TPSA) is 114 Å². The van der Waals surface area contributed by atoms with Crippen LogP contribution in [0.1, 0.15) is 31.1 Å². The number of anilines is 3. The number of rotatable bonds is 6. The Morgan fingerprint density at radius 3 is 1.83 bits per heavy atom. The molecule has 0 aliphatic carbocycles. The zero-order valence-electron chi connectivity index (χ0n) is 16.0. The SMILES string of the molecule is CC(=O)Nc1cc(NC(C)=O)cc(C(=O)O[C@H](C)C(=O)Nc2ccc(F)cc2)c1. The fourth-order valence-corrected chi connectivity index (χ4v) is 2.36. The summed E-state index contributed by atoms with van der Waals surface area (Å²) in [5, 5.41) is 7.54. The zero-order chi connectivity index (χ0) is 21.6. The molecule has 8 nitrogen and oxygen atoms in total. The molecular weight excluding hydrogens is 381 g/mol. The number of carbonyl (C=O) groups excluding carboxylic acids is 4. The van der Waals surface area contributed by atoms with Crippen molar-refractivity contribution in [2.75, 3.05) is 16.0 Å². The van der Waals surface area contributed by atoms with Gasteiger partial charge in [-0.2, -0.15) is 0 Å². The van der Waals surface area contributed by atoms with Gasteiger partial charge in [-0.3, -0.25) is 14.4 Å². The van der Waals surface area contributed by atoms with E-state index in [0.717, 1.165) is 0 Å². The van der Waals surface area contributed by atoms with Gasteiger partial charge in [-0.25, -0.2) is 9.18 Å².